The van der Waals surface area contributed by atoms with Crippen LogP contribution in [0.15, 0.2) is 48.6 Å². The normalized spacial score (nSPS) is 11.3. The second-order valence-electron chi connectivity index (χ2n) is 7.77. The smallest absolute Gasteiger partial charge is 0.163 e. The van der Waals surface area contributed by atoms with Crippen molar-refractivity contribution in [2.24, 2.45) is 0 Å². The summed E-state index contributed by atoms with van der Waals surface area (Å²) in [5, 5.41) is 9.64. The van der Waals surface area contributed by atoms with Crippen molar-refractivity contribution >= 4 is 29.4 Å². The fourth-order valence-corrected chi connectivity index (χ4v) is 3.26. The standard InChI is InChI=1S/C27H33NO5/c1-6-28(7-2)22-12-10-21(26(17-22)33-19(3)4)11-14-24(30)18-23(29)13-8-20-9-15-25(31)27(16-20)32-5/h8-17,19,31H,6-7,18H2,1-5H3/b13-8+,14-11+. The van der Waals surface area contributed by atoms with Gasteiger partial charge in [-0.15, -0.1) is 0 Å². The van der Waals surface area contributed by atoms with Gasteiger partial charge in [0.05, 0.1) is 19.6 Å². The topological polar surface area (TPSA) is 76.1 Å². The quantitative estimate of drug-likeness (QED) is 0.349. The summed E-state index contributed by atoms with van der Waals surface area (Å²) in [4.78, 5) is 26.8. The van der Waals surface area contributed by atoms with E-state index in [2.05, 4.69) is 18.7 Å². The van der Waals surface area contributed by atoms with E-state index in [1.54, 1.807) is 24.3 Å². The summed E-state index contributed by atoms with van der Waals surface area (Å²) in [7, 11) is 1.45. The number of hydrogen-bond donors (Lipinski definition) is 1. The molecule has 0 aromatic heterocycles. The van der Waals surface area contributed by atoms with Gasteiger partial charge >= 0.3 is 0 Å². The largest absolute Gasteiger partial charge is 0.504 e. The minimum atomic E-state index is -0.313. The molecule has 0 radical (unpaired) electrons. The molecule has 0 fully saturated rings. The van der Waals surface area contributed by atoms with Crippen molar-refractivity contribution in [2.75, 3.05) is 25.1 Å². The zero-order valence-corrected chi connectivity index (χ0v) is 20.0. The highest BCUT2D eigenvalue weighted by molar-refractivity contribution is 6.11. The van der Waals surface area contributed by atoms with E-state index < -0.39 is 0 Å². The van der Waals surface area contributed by atoms with Crippen LogP contribution in [-0.2, 0) is 9.59 Å². The molecular weight excluding hydrogens is 418 g/mol. The number of rotatable bonds is 12. The van der Waals surface area contributed by atoms with Crippen molar-refractivity contribution in [3.63, 3.8) is 0 Å². The Bertz CT molecular complexity index is 1020. The minimum Gasteiger partial charge on any atom is -0.504 e. The molecule has 0 bridgehead atoms. The van der Waals surface area contributed by atoms with Gasteiger partial charge in [0.25, 0.3) is 0 Å². The molecule has 0 unspecified atom stereocenters. The molecule has 6 nitrogen and oxygen atoms in total. The van der Waals surface area contributed by atoms with Crippen molar-refractivity contribution in [1.82, 2.24) is 0 Å². The molecule has 0 aliphatic heterocycles. The Morgan fingerprint density at radius 1 is 0.970 bits per heavy atom. The average molecular weight is 452 g/mol. The van der Waals surface area contributed by atoms with Gasteiger partial charge < -0.3 is 19.5 Å². The Morgan fingerprint density at radius 2 is 1.64 bits per heavy atom. The van der Waals surface area contributed by atoms with Gasteiger partial charge in [-0.2, -0.15) is 0 Å². The van der Waals surface area contributed by atoms with Crippen LogP contribution in [0.25, 0.3) is 12.2 Å². The fraction of sp³-hybridized carbons (Fsp3) is 0.333. The summed E-state index contributed by atoms with van der Waals surface area (Å²) >= 11 is 0. The lowest BCUT2D eigenvalue weighted by Crippen LogP contribution is -2.21. The second-order valence-corrected chi connectivity index (χ2v) is 7.77. The molecule has 2 aromatic rings. The Kier molecular flexibility index (Phi) is 9.73. The summed E-state index contributed by atoms with van der Waals surface area (Å²) in [5.74, 6) is 0.428. The Labute approximate surface area is 196 Å². The highest BCUT2D eigenvalue weighted by Crippen LogP contribution is 2.28. The Hall–Kier alpha value is -3.54. The molecule has 2 aromatic carbocycles. The molecule has 0 aliphatic rings. The molecule has 0 atom stereocenters. The van der Waals surface area contributed by atoms with Crippen LogP contribution in [0, 0.1) is 0 Å². The molecule has 0 spiro atoms. The first kappa shape index (κ1) is 25.7. The van der Waals surface area contributed by atoms with E-state index in [1.807, 2.05) is 32.0 Å². The predicted molar refractivity (Wildman–Crippen MR) is 133 cm³/mol. The number of anilines is 1. The molecule has 0 heterocycles. The van der Waals surface area contributed by atoms with Crippen LogP contribution in [-0.4, -0.2) is 43.0 Å². The van der Waals surface area contributed by atoms with Gasteiger partial charge in [0.2, 0.25) is 0 Å². The lowest BCUT2D eigenvalue weighted by atomic mass is 10.1. The molecule has 2 rings (SSSR count). The summed E-state index contributed by atoms with van der Waals surface area (Å²) in [6, 6.07) is 10.7. The number of carbonyl (C=O) groups is 2. The maximum Gasteiger partial charge on any atom is 0.163 e. The molecule has 1 N–H and O–H groups in total. The molecule has 0 aliphatic carbocycles. The minimum absolute atomic E-state index is 0.00922. The van der Waals surface area contributed by atoms with E-state index in [9.17, 15) is 14.7 Å². The number of nitrogens with zero attached hydrogens (tertiary/aromatic N) is 1. The van der Waals surface area contributed by atoms with Crippen LogP contribution in [0.5, 0.6) is 17.2 Å². The number of phenols is 1. The Morgan fingerprint density at radius 3 is 2.24 bits per heavy atom. The maximum absolute atomic E-state index is 12.3. The zero-order chi connectivity index (χ0) is 24.4. The van der Waals surface area contributed by atoms with E-state index in [0.29, 0.717) is 17.1 Å². The first-order valence-corrected chi connectivity index (χ1v) is 11.1. The first-order valence-electron chi connectivity index (χ1n) is 11.1. The molecule has 0 amide bonds. The van der Waals surface area contributed by atoms with Gasteiger partial charge in [-0.1, -0.05) is 12.1 Å². The van der Waals surface area contributed by atoms with Crippen LogP contribution >= 0.6 is 0 Å². The van der Waals surface area contributed by atoms with Gasteiger partial charge in [0.1, 0.15) is 5.75 Å². The van der Waals surface area contributed by atoms with Crippen molar-refractivity contribution in [3.05, 3.63) is 59.7 Å². The molecule has 176 valence electrons. The lowest BCUT2D eigenvalue weighted by Gasteiger charge is -2.23. The highest BCUT2D eigenvalue weighted by Gasteiger charge is 2.10. The van der Waals surface area contributed by atoms with E-state index in [4.69, 9.17) is 9.47 Å². The van der Waals surface area contributed by atoms with E-state index in [1.165, 1.54) is 25.3 Å². The van der Waals surface area contributed by atoms with Crippen LogP contribution in [0.4, 0.5) is 5.69 Å². The van der Waals surface area contributed by atoms with Crippen molar-refractivity contribution in [3.8, 4) is 17.2 Å². The number of ether oxygens (including phenoxy) is 2. The SMILES string of the molecule is CCN(CC)c1ccc(/C=C/C(=O)CC(=O)/C=C/c2ccc(O)c(OC)c2)c(OC(C)C)c1. The third-order valence-corrected chi connectivity index (χ3v) is 4.95. The van der Waals surface area contributed by atoms with Crippen LogP contribution < -0.4 is 14.4 Å². The summed E-state index contributed by atoms with van der Waals surface area (Å²) in [5.41, 5.74) is 2.53. The van der Waals surface area contributed by atoms with Crippen molar-refractivity contribution in [1.29, 1.82) is 0 Å². The summed E-state index contributed by atoms with van der Waals surface area (Å²) in [6.07, 6.45) is 5.79. The van der Waals surface area contributed by atoms with Crippen LogP contribution in [0.2, 0.25) is 0 Å². The third-order valence-electron chi connectivity index (χ3n) is 4.95. The number of carbonyl (C=O) groups excluding carboxylic acids is 2. The van der Waals surface area contributed by atoms with Gasteiger partial charge in [0, 0.05) is 30.4 Å². The molecule has 33 heavy (non-hydrogen) atoms. The third kappa shape index (κ3) is 7.83. The van der Waals surface area contributed by atoms with Crippen LogP contribution in [0.1, 0.15) is 45.2 Å². The van der Waals surface area contributed by atoms with Crippen molar-refractivity contribution in [2.45, 2.75) is 40.2 Å². The highest BCUT2D eigenvalue weighted by atomic mass is 16.5. The lowest BCUT2D eigenvalue weighted by molar-refractivity contribution is -0.121. The monoisotopic (exact) mass is 451 g/mol. The van der Waals surface area contributed by atoms with Crippen molar-refractivity contribution < 1.29 is 24.2 Å². The molecule has 6 heteroatoms. The van der Waals surface area contributed by atoms with Gasteiger partial charge in [-0.05, 0) is 75.8 Å². The average Bonchev–Trinajstić information content (AvgIpc) is 2.78. The zero-order valence-electron chi connectivity index (χ0n) is 20.0. The number of ketones is 2. The number of aromatic hydroxyl groups is 1. The number of phenolic OH excluding ortho intramolecular Hbond substituents is 1. The molecule has 0 saturated carbocycles. The number of benzene rings is 2. The summed E-state index contributed by atoms with van der Waals surface area (Å²) in [6.45, 7) is 9.88. The maximum atomic E-state index is 12.3. The van der Waals surface area contributed by atoms with Crippen LogP contribution in [0.3, 0.4) is 0 Å². The second kappa shape index (κ2) is 12.5. The van der Waals surface area contributed by atoms with E-state index in [-0.39, 0.29) is 29.8 Å². The number of allylic oxidation sites excluding steroid dienone is 2. The predicted octanol–water partition coefficient (Wildman–Crippen LogP) is 5.29. The van der Waals surface area contributed by atoms with Gasteiger partial charge in [0.15, 0.2) is 23.1 Å². The molecule has 0 saturated heterocycles. The Balaban J connectivity index is 2.08. The molecular formula is C27H33NO5. The van der Waals surface area contributed by atoms with Gasteiger partial charge in [-0.3, -0.25) is 9.59 Å². The number of methoxy groups -OCH3 is 1. The first-order chi connectivity index (χ1) is 15.8. The summed E-state index contributed by atoms with van der Waals surface area (Å²) < 4.78 is 11.0. The van der Waals surface area contributed by atoms with E-state index in [0.717, 1.165) is 24.3 Å². The fourth-order valence-electron chi connectivity index (χ4n) is 3.26. The van der Waals surface area contributed by atoms with E-state index >= 15 is 0 Å². The van der Waals surface area contributed by atoms with Gasteiger partial charge in [-0.25, -0.2) is 0 Å². The number of hydrogen-bond acceptors (Lipinski definition) is 6.